The summed E-state index contributed by atoms with van der Waals surface area (Å²) in [5.41, 5.74) is 1.23. The number of aryl methyl sites for hydroxylation is 1. The van der Waals surface area contributed by atoms with Gasteiger partial charge in [0.2, 0.25) is 0 Å². The van der Waals surface area contributed by atoms with Crippen LogP contribution in [-0.4, -0.2) is 44.2 Å². The van der Waals surface area contributed by atoms with Crippen molar-refractivity contribution in [2.45, 2.75) is 38.8 Å². The minimum absolute atomic E-state index is 0.0747. The quantitative estimate of drug-likeness (QED) is 0.942. The Kier molecular flexibility index (Phi) is 4.06. The number of imidazole rings is 2. The van der Waals surface area contributed by atoms with Crippen molar-refractivity contribution >= 4 is 0 Å². The molecule has 1 atom stereocenters. The number of morpholine rings is 1. The van der Waals surface area contributed by atoms with Gasteiger partial charge >= 0.3 is 0 Å². The van der Waals surface area contributed by atoms with Crippen molar-refractivity contribution < 1.29 is 4.74 Å². The van der Waals surface area contributed by atoms with Crippen molar-refractivity contribution in [2.24, 2.45) is 7.05 Å². The molecule has 0 aliphatic carbocycles. The van der Waals surface area contributed by atoms with Gasteiger partial charge in [0.15, 0.2) is 0 Å². The van der Waals surface area contributed by atoms with Crippen LogP contribution in [0.5, 0.6) is 0 Å². The lowest BCUT2D eigenvalue weighted by Gasteiger charge is -2.34. The summed E-state index contributed by atoms with van der Waals surface area (Å²) >= 11 is 0. The van der Waals surface area contributed by atoms with Crippen LogP contribution in [0.3, 0.4) is 0 Å². The molecule has 0 spiro atoms. The van der Waals surface area contributed by atoms with Crippen molar-refractivity contribution in [1.29, 1.82) is 0 Å². The normalized spacial score (nSPS) is 20.5. The number of rotatable bonds is 3. The second-order valence-electron chi connectivity index (χ2n) is 6.95. The maximum Gasteiger partial charge on any atom is 0.126 e. The molecular formula is C16H25N5O. The predicted molar refractivity (Wildman–Crippen MR) is 84.5 cm³/mol. The summed E-state index contributed by atoms with van der Waals surface area (Å²) in [4.78, 5) is 14.9. The molecule has 2 aromatic heterocycles. The molecule has 0 amide bonds. The van der Waals surface area contributed by atoms with Gasteiger partial charge in [-0.25, -0.2) is 9.97 Å². The highest BCUT2D eigenvalue weighted by Crippen LogP contribution is 2.26. The molecule has 6 heteroatoms. The Morgan fingerprint density at radius 2 is 2.18 bits per heavy atom. The second-order valence-corrected chi connectivity index (χ2v) is 6.95. The van der Waals surface area contributed by atoms with E-state index in [0.29, 0.717) is 6.61 Å². The van der Waals surface area contributed by atoms with Gasteiger partial charge in [-0.3, -0.25) is 4.90 Å². The molecule has 0 bridgehead atoms. The molecule has 1 aliphatic rings. The summed E-state index contributed by atoms with van der Waals surface area (Å²) < 4.78 is 7.75. The predicted octanol–water partition coefficient (Wildman–Crippen LogP) is 2.01. The highest BCUT2D eigenvalue weighted by atomic mass is 16.5. The average Bonchev–Trinajstić information content (AvgIpc) is 3.09. The van der Waals surface area contributed by atoms with Crippen molar-refractivity contribution in [1.82, 2.24) is 24.4 Å². The second kappa shape index (κ2) is 5.85. The highest BCUT2D eigenvalue weighted by molar-refractivity contribution is 5.14. The van der Waals surface area contributed by atoms with Crippen molar-refractivity contribution in [3.8, 4) is 0 Å². The summed E-state index contributed by atoms with van der Waals surface area (Å²) in [6.45, 7) is 9.69. The van der Waals surface area contributed by atoms with E-state index in [0.717, 1.165) is 37.0 Å². The summed E-state index contributed by atoms with van der Waals surface area (Å²) in [5, 5.41) is 0. The van der Waals surface area contributed by atoms with E-state index < -0.39 is 0 Å². The topological polar surface area (TPSA) is 59.0 Å². The highest BCUT2D eigenvalue weighted by Gasteiger charge is 2.29. The lowest BCUT2D eigenvalue weighted by Crippen LogP contribution is -2.40. The Hall–Kier alpha value is -1.66. The van der Waals surface area contributed by atoms with Crippen LogP contribution in [0.25, 0.3) is 0 Å². The van der Waals surface area contributed by atoms with Gasteiger partial charge in [-0.15, -0.1) is 0 Å². The van der Waals surface area contributed by atoms with E-state index in [4.69, 9.17) is 4.74 Å². The fourth-order valence-corrected chi connectivity index (χ4v) is 2.70. The molecule has 6 nitrogen and oxygen atoms in total. The molecule has 1 saturated heterocycles. The number of aromatic amines is 1. The molecule has 0 saturated carbocycles. The standard InChI is InChI=1S/C16H25N5O/c1-16(2,3)13-9-18-15(19-13)12-11-22-8-7-21(12)10-14-17-5-6-20(14)4/h5-6,9,12H,7-8,10-11H2,1-4H3,(H,18,19). The Labute approximate surface area is 131 Å². The number of ether oxygens (including phenoxy) is 1. The molecule has 22 heavy (non-hydrogen) atoms. The summed E-state index contributed by atoms with van der Waals surface area (Å²) in [7, 11) is 2.03. The van der Waals surface area contributed by atoms with Crippen LogP contribution in [0.15, 0.2) is 18.6 Å². The number of nitrogens with zero attached hydrogens (tertiary/aromatic N) is 4. The lowest BCUT2D eigenvalue weighted by molar-refractivity contribution is -0.0171. The van der Waals surface area contributed by atoms with Gasteiger partial charge in [-0.2, -0.15) is 0 Å². The monoisotopic (exact) mass is 303 g/mol. The zero-order chi connectivity index (χ0) is 15.7. The van der Waals surface area contributed by atoms with Gasteiger partial charge in [0.05, 0.1) is 25.8 Å². The minimum atomic E-state index is 0.0747. The number of aromatic nitrogens is 4. The molecule has 0 radical (unpaired) electrons. The Morgan fingerprint density at radius 3 is 2.82 bits per heavy atom. The van der Waals surface area contributed by atoms with E-state index in [-0.39, 0.29) is 11.5 Å². The van der Waals surface area contributed by atoms with Crippen LogP contribution in [0, 0.1) is 0 Å². The summed E-state index contributed by atoms with van der Waals surface area (Å²) in [6.07, 6.45) is 5.77. The fourth-order valence-electron chi connectivity index (χ4n) is 2.70. The number of hydrogen-bond acceptors (Lipinski definition) is 4. The van der Waals surface area contributed by atoms with E-state index in [1.807, 2.05) is 25.6 Å². The maximum atomic E-state index is 5.68. The first-order valence-corrected chi connectivity index (χ1v) is 7.78. The van der Waals surface area contributed by atoms with Gasteiger partial charge in [0.1, 0.15) is 11.6 Å². The lowest BCUT2D eigenvalue weighted by atomic mass is 9.93. The smallest absolute Gasteiger partial charge is 0.126 e. The van der Waals surface area contributed by atoms with Crippen molar-refractivity contribution in [3.63, 3.8) is 0 Å². The summed E-state index contributed by atoms with van der Waals surface area (Å²) in [5.74, 6) is 2.05. The van der Waals surface area contributed by atoms with Gasteiger partial charge in [-0.1, -0.05) is 20.8 Å². The molecule has 1 N–H and O–H groups in total. The zero-order valence-corrected chi connectivity index (χ0v) is 13.8. The van der Waals surface area contributed by atoms with Crippen molar-refractivity contribution in [2.75, 3.05) is 19.8 Å². The summed E-state index contributed by atoms with van der Waals surface area (Å²) in [6, 6.07) is 0.154. The number of hydrogen-bond donors (Lipinski definition) is 1. The largest absolute Gasteiger partial charge is 0.378 e. The van der Waals surface area contributed by atoms with Crippen LogP contribution >= 0.6 is 0 Å². The third-order valence-electron chi connectivity index (χ3n) is 4.22. The molecule has 2 aromatic rings. The van der Waals surface area contributed by atoms with Crippen LogP contribution in [0.1, 0.15) is 44.2 Å². The van der Waals surface area contributed by atoms with E-state index >= 15 is 0 Å². The Morgan fingerprint density at radius 1 is 1.36 bits per heavy atom. The third-order valence-corrected chi connectivity index (χ3v) is 4.22. The van der Waals surface area contributed by atoms with Crippen LogP contribution in [-0.2, 0) is 23.7 Å². The molecule has 1 unspecified atom stereocenters. The third kappa shape index (κ3) is 3.08. The first-order valence-electron chi connectivity index (χ1n) is 7.78. The van der Waals surface area contributed by atoms with Crippen LogP contribution < -0.4 is 0 Å². The van der Waals surface area contributed by atoms with E-state index in [2.05, 4.69) is 45.2 Å². The van der Waals surface area contributed by atoms with E-state index in [1.54, 1.807) is 0 Å². The van der Waals surface area contributed by atoms with Crippen molar-refractivity contribution in [3.05, 3.63) is 35.9 Å². The average molecular weight is 303 g/mol. The molecule has 120 valence electrons. The first kappa shape index (κ1) is 15.2. The van der Waals surface area contributed by atoms with Crippen LogP contribution in [0.4, 0.5) is 0 Å². The number of nitrogens with one attached hydrogen (secondary N) is 1. The molecule has 3 rings (SSSR count). The molecular weight excluding hydrogens is 278 g/mol. The van der Waals surface area contributed by atoms with Crippen LogP contribution in [0.2, 0.25) is 0 Å². The Balaban J connectivity index is 1.80. The van der Waals surface area contributed by atoms with E-state index in [9.17, 15) is 0 Å². The maximum absolute atomic E-state index is 5.68. The fraction of sp³-hybridized carbons (Fsp3) is 0.625. The Bertz CT molecular complexity index is 625. The molecule has 0 aromatic carbocycles. The van der Waals surface area contributed by atoms with Gasteiger partial charge in [0.25, 0.3) is 0 Å². The molecule has 3 heterocycles. The first-order chi connectivity index (χ1) is 10.4. The van der Waals surface area contributed by atoms with Gasteiger partial charge in [-0.05, 0) is 0 Å². The molecule has 1 fully saturated rings. The SMILES string of the molecule is Cn1ccnc1CN1CCOCC1c1ncc(C(C)(C)C)[nH]1. The van der Waals surface area contributed by atoms with Gasteiger partial charge < -0.3 is 14.3 Å². The molecule has 1 aliphatic heterocycles. The zero-order valence-electron chi connectivity index (χ0n) is 13.8. The van der Waals surface area contributed by atoms with E-state index in [1.165, 1.54) is 0 Å². The number of H-pyrrole nitrogens is 1. The van der Waals surface area contributed by atoms with Gasteiger partial charge in [0, 0.05) is 43.3 Å². The minimum Gasteiger partial charge on any atom is -0.378 e.